The Kier molecular flexibility index (Phi) is 2.83. The van der Waals surface area contributed by atoms with E-state index in [9.17, 15) is 14.3 Å². The molecular formula is C9H8BrFO2. The van der Waals surface area contributed by atoms with Crippen LogP contribution in [0.5, 0.6) is 0 Å². The molecule has 0 aliphatic rings. The maximum Gasteiger partial charge on any atom is 0.207 e. The number of aliphatic hydroxyl groups is 1. The maximum absolute atomic E-state index is 13.0. The molecule has 0 heterocycles. The van der Waals surface area contributed by atoms with Gasteiger partial charge < -0.3 is 5.11 Å². The molecule has 0 amide bonds. The van der Waals surface area contributed by atoms with Crippen LogP contribution >= 0.6 is 15.9 Å². The Morgan fingerprint density at radius 2 is 2.08 bits per heavy atom. The van der Waals surface area contributed by atoms with E-state index in [0.29, 0.717) is 0 Å². The normalized spacial score (nSPS) is 15.1. The monoisotopic (exact) mass is 246 g/mol. The quantitative estimate of drug-likeness (QED) is 0.641. The van der Waals surface area contributed by atoms with Crippen LogP contribution in [0.2, 0.25) is 0 Å². The van der Waals surface area contributed by atoms with Gasteiger partial charge in [-0.05, 0) is 35.0 Å². The third-order valence-corrected chi connectivity index (χ3v) is 1.89. The predicted molar refractivity (Wildman–Crippen MR) is 50.3 cm³/mol. The number of halogens is 2. The molecule has 0 bridgehead atoms. The van der Waals surface area contributed by atoms with Crippen molar-refractivity contribution in [1.29, 1.82) is 0 Å². The van der Waals surface area contributed by atoms with Crippen LogP contribution in [0.4, 0.5) is 4.39 Å². The van der Waals surface area contributed by atoms with Gasteiger partial charge in [0.1, 0.15) is 5.82 Å². The van der Waals surface area contributed by atoms with E-state index in [-0.39, 0.29) is 5.56 Å². The molecule has 0 fully saturated rings. The summed E-state index contributed by atoms with van der Waals surface area (Å²) in [4.78, 5) is 11.4. The highest BCUT2D eigenvalue weighted by molar-refractivity contribution is 9.10. The van der Waals surface area contributed by atoms with Crippen molar-refractivity contribution in [3.63, 3.8) is 0 Å². The van der Waals surface area contributed by atoms with Gasteiger partial charge in [0.15, 0.2) is 4.51 Å². The zero-order chi connectivity index (χ0) is 10.1. The lowest BCUT2D eigenvalue weighted by Crippen LogP contribution is -2.28. The first-order valence-corrected chi connectivity index (χ1v) is 4.43. The van der Waals surface area contributed by atoms with Crippen molar-refractivity contribution in [3.05, 3.63) is 35.6 Å². The summed E-state index contributed by atoms with van der Waals surface area (Å²) in [5, 5.41) is 9.26. The second-order valence-corrected chi connectivity index (χ2v) is 4.31. The van der Waals surface area contributed by atoms with Gasteiger partial charge in [0.05, 0.1) is 5.56 Å². The molecule has 1 N–H and O–H groups in total. The van der Waals surface area contributed by atoms with Gasteiger partial charge in [-0.25, -0.2) is 4.39 Å². The lowest BCUT2D eigenvalue weighted by Gasteiger charge is -2.13. The summed E-state index contributed by atoms with van der Waals surface area (Å²) in [5.74, 6) is -1.32. The third kappa shape index (κ3) is 2.35. The first-order valence-electron chi connectivity index (χ1n) is 3.63. The van der Waals surface area contributed by atoms with E-state index in [2.05, 4.69) is 15.9 Å². The van der Waals surface area contributed by atoms with Gasteiger partial charge in [-0.1, -0.05) is 12.1 Å². The van der Waals surface area contributed by atoms with E-state index in [4.69, 9.17) is 0 Å². The largest absolute Gasteiger partial charge is 0.372 e. The minimum Gasteiger partial charge on any atom is -0.372 e. The molecule has 0 radical (unpaired) electrons. The average molecular weight is 247 g/mol. The van der Waals surface area contributed by atoms with Gasteiger partial charge in [-0.15, -0.1) is 0 Å². The van der Waals surface area contributed by atoms with Crippen LogP contribution in [0.15, 0.2) is 24.3 Å². The summed E-state index contributed by atoms with van der Waals surface area (Å²) in [5.41, 5.74) is -0.121. The van der Waals surface area contributed by atoms with Crippen LogP contribution in [-0.2, 0) is 0 Å². The smallest absolute Gasteiger partial charge is 0.207 e. The molecule has 0 spiro atoms. The van der Waals surface area contributed by atoms with E-state index in [1.165, 1.54) is 31.2 Å². The van der Waals surface area contributed by atoms with E-state index in [1.807, 2.05) is 0 Å². The zero-order valence-corrected chi connectivity index (χ0v) is 8.51. The van der Waals surface area contributed by atoms with Gasteiger partial charge >= 0.3 is 0 Å². The number of ketones is 1. The number of hydrogen-bond acceptors (Lipinski definition) is 2. The molecule has 0 aliphatic carbocycles. The molecular weight excluding hydrogens is 239 g/mol. The topological polar surface area (TPSA) is 37.3 Å². The van der Waals surface area contributed by atoms with E-state index >= 15 is 0 Å². The Morgan fingerprint density at radius 3 is 2.54 bits per heavy atom. The van der Waals surface area contributed by atoms with Crippen molar-refractivity contribution in [1.82, 2.24) is 0 Å². The number of carbonyl (C=O) groups excluding carboxylic acids is 1. The fourth-order valence-corrected chi connectivity index (χ4v) is 1.10. The van der Waals surface area contributed by atoms with Gasteiger partial charge in [-0.3, -0.25) is 4.79 Å². The Bertz CT molecular complexity index is 331. The summed E-state index contributed by atoms with van der Waals surface area (Å²) < 4.78 is 11.3. The van der Waals surface area contributed by atoms with Crippen molar-refractivity contribution in [2.24, 2.45) is 0 Å². The van der Waals surface area contributed by atoms with Crippen LogP contribution in [-0.4, -0.2) is 15.4 Å². The second-order valence-electron chi connectivity index (χ2n) is 2.76. The molecule has 0 aliphatic heterocycles. The number of Topliss-reactive ketones (excluding diaryl/α,β-unsaturated/α-hetero) is 1. The predicted octanol–water partition coefficient (Wildman–Crippen LogP) is 2.11. The molecule has 1 unspecified atom stereocenters. The highest BCUT2D eigenvalue weighted by atomic mass is 79.9. The average Bonchev–Trinajstić information content (AvgIpc) is 2.02. The van der Waals surface area contributed by atoms with Gasteiger partial charge in [0, 0.05) is 0 Å². The Balaban J connectivity index is 3.10. The zero-order valence-electron chi connectivity index (χ0n) is 6.92. The second kappa shape index (κ2) is 3.55. The first-order chi connectivity index (χ1) is 5.93. The van der Waals surface area contributed by atoms with Crippen molar-refractivity contribution < 1.29 is 14.3 Å². The maximum atomic E-state index is 13.0. The molecule has 0 saturated heterocycles. The van der Waals surface area contributed by atoms with Gasteiger partial charge in [0.2, 0.25) is 5.78 Å². The van der Waals surface area contributed by atoms with Crippen LogP contribution in [0.25, 0.3) is 0 Å². The lowest BCUT2D eigenvalue weighted by molar-refractivity contribution is 0.0720. The summed E-state index contributed by atoms with van der Waals surface area (Å²) in [6.07, 6.45) is 0. The summed E-state index contributed by atoms with van der Waals surface area (Å²) in [6, 6.07) is 5.52. The fourth-order valence-electron chi connectivity index (χ4n) is 0.891. The summed E-state index contributed by atoms with van der Waals surface area (Å²) in [7, 11) is 0. The van der Waals surface area contributed by atoms with Crippen LogP contribution in [0, 0.1) is 5.82 Å². The molecule has 0 aromatic heterocycles. The van der Waals surface area contributed by atoms with Crippen LogP contribution in [0.3, 0.4) is 0 Å². The first kappa shape index (κ1) is 10.3. The van der Waals surface area contributed by atoms with Crippen LogP contribution < -0.4 is 0 Å². The highest BCUT2D eigenvalue weighted by Gasteiger charge is 2.29. The lowest BCUT2D eigenvalue weighted by atomic mass is 10.1. The SMILES string of the molecule is CC(O)(Br)C(=O)c1ccccc1F. The minimum atomic E-state index is -1.71. The number of hydrogen-bond donors (Lipinski definition) is 1. The number of rotatable bonds is 2. The number of benzene rings is 1. The van der Waals surface area contributed by atoms with Gasteiger partial charge in [-0.2, -0.15) is 0 Å². The van der Waals surface area contributed by atoms with Crippen molar-refractivity contribution in [3.8, 4) is 0 Å². The molecule has 0 saturated carbocycles. The Hall–Kier alpha value is -0.740. The van der Waals surface area contributed by atoms with Crippen LogP contribution in [0.1, 0.15) is 17.3 Å². The molecule has 1 atom stereocenters. The van der Waals surface area contributed by atoms with Crippen molar-refractivity contribution in [2.45, 2.75) is 11.4 Å². The summed E-state index contributed by atoms with van der Waals surface area (Å²) >= 11 is 2.75. The fraction of sp³-hybridized carbons (Fsp3) is 0.222. The molecule has 1 aromatic carbocycles. The van der Waals surface area contributed by atoms with Crippen molar-refractivity contribution in [2.75, 3.05) is 0 Å². The molecule has 70 valence electrons. The minimum absolute atomic E-state index is 0.121. The molecule has 4 heteroatoms. The summed E-state index contributed by atoms with van der Waals surface area (Å²) in [6.45, 7) is 1.25. The van der Waals surface area contributed by atoms with Gasteiger partial charge in [0.25, 0.3) is 0 Å². The van der Waals surface area contributed by atoms with E-state index in [0.717, 1.165) is 0 Å². The highest BCUT2D eigenvalue weighted by Crippen LogP contribution is 2.20. The molecule has 13 heavy (non-hydrogen) atoms. The van der Waals surface area contributed by atoms with E-state index in [1.54, 1.807) is 0 Å². The Labute approximate surface area is 83.5 Å². The third-order valence-electron chi connectivity index (χ3n) is 1.53. The molecule has 2 nitrogen and oxygen atoms in total. The molecule has 1 aromatic rings. The number of alkyl halides is 1. The van der Waals surface area contributed by atoms with E-state index < -0.39 is 16.1 Å². The number of carbonyl (C=O) groups is 1. The standard InChI is InChI=1S/C9H8BrFO2/c1-9(10,13)8(12)6-4-2-3-5-7(6)11/h2-5,13H,1H3. The molecule has 1 rings (SSSR count). The Morgan fingerprint density at radius 1 is 1.54 bits per heavy atom. The van der Waals surface area contributed by atoms with Crippen molar-refractivity contribution >= 4 is 21.7 Å².